The fraction of sp³-hybridized carbons (Fsp3) is 0.314. The number of nitrogens with zero attached hydrogens (tertiary/aromatic N) is 6. The molecule has 4 aromatic heterocycles. The number of fused-ring (bicyclic) bond motifs is 2. The van der Waals surface area contributed by atoms with Crippen molar-refractivity contribution in [2.75, 3.05) is 30.0 Å². The van der Waals surface area contributed by atoms with Crippen molar-refractivity contribution in [3.8, 4) is 22.6 Å². The summed E-state index contributed by atoms with van der Waals surface area (Å²) in [5.74, 6) is 1.44. The summed E-state index contributed by atoms with van der Waals surface area (Å²) in [5.41, 5.74) is 4.20. The molecule has 0 saturated heterocycles. The van der Waals surface area contributed by atoms with Crippen LogP contribution >= 0.6 is 0 Å². The zero-order valence-electron chi connectivity index (χ0n) is 29.3. The highest BCUT2D eigenvalue weighted by molar-refractivity contribution is 7.92. The molecule has 0 aliphatic carbocycles. The van der Waals surface area contributed by atoms with Crippen LogP contribution < -0.4 is 20.3 Å². The maximum Gasteiger partial charge on any atom is 0.282 e. The van der Waals surface area contributed by atoms with Crippen molar-refractivity contribution < 1.29 is 17.9 Å². The normalized spacial score (nSPS) is 12.8. The third-order valence-corrected chi connectivity index (χ3v) is 10.6. The van der Waals surface area contributed by atoms with Gasteiger partial charge in [0.15, 0.2) is 5.82 Å². The first-order valence-electron chi connectivity index (χ1n) is 16.2. The molecule has 13 nitrogen and oxygen atoms in total. The molecule has 262 valence electrons. The van der Waals surface area contributed by atoms with Gasteiger partial charge in [-0.15, -0.1) is 0 Å². The molecule has 0 saturated carbocycles. The van der Waals surface area contributed by atoms with E-state index in [-0.39, 0.29) is 12.3 Å². The van der Waals surface area contributed by atoms with Crippen LogP contribution in [-0.4, -0.2) is 65.2 Å². The van der Waals surface area contributed by atoms with E-state index >= 15 is 0 Å². The van der Waals surface area contributed by atoms with Crippen molar-refractivity contribution in [1.82, 2.24) is 28.7 Å². The molecule has 0 radical (unpaired) electrons. The monoisotopic (exact) mass is 714 g/mol. The number of hydrogen-bond acceptors (Lipinski definition) is 9. The summed E-state index contributed by atoms with van der Waals surface area (Å²) in [6.45, 7) is 11.6. The molecule has 2 N–H and O–H groups in total. The molecule has 6 rings (SSSR count). The lowest BCUT2D eigenvalue weighted by Crippen LogP contribution is -2.29. The lowest BCUT2D eigenvalue weighted by molar-refractivity contribution is 0.0899. The Balaban J connectivity index is 1.49. The number of benzene rings is 2. The van der Waals surface area contributed by atoms with Gasteiger partial charge >= 0.3 is 0 Å². The van der Waals surface area contributed by atoms with Crippen LogP contribution in [0.1, 0.15) is 24.4 Å². The Hall–Kier alpha value is -4.99. The molecular weight excluding hydrogens is 673 g/mol. The molecule has 15 heteroatoms. The van der Waals surface area contributed by atoms with E-state index < -0.39 is 24.1 Å². The number of aromatic nitrogens is 6. The van der Waals surface area contributed by atoms with Crippen molar-refractivity contribution in [1.29, 1.82) is 0 Å². The van der Waals surface area contributed by atoms with Crippen LogP contribution in [0.15, 0.2) is 78.1 Å². The molecule has 0 fully saturated rings. The maximum absolute atomic E-state index is 14.0. The van der Waals surface area contributed by atoms with Crippen molar-refractivity contribution >= 4 is 46.2 Å². The van der Waals surface area contributed by atoms with E-state index in [1.54, 1.807) is 27.4 Å². The average molecular weight is 715 g/mol. The average Bonchev–Trinajstić information content (AvgIpc) is 3.63. The minimum atomic E-state index is -3.57. The quantitative estimate of drug-likeness (QED) is 0.108. The second-order valence-corrected chi connectivity index (χ2v) is 21.0. The second kappa shape index (κ2) is 13.7. The van der Waals surface area contributed by atoms with Gasteiger partial charge in [0.1, 0.15) is 35.8 Å². The molecule has 0 unspecified atom stereocenters. The van der Waals surface area contributed by atoms with Gasteiger partial charge in [-0.3, -0.25) is 14.1 Å². The van der Waals surface area contributed by atoms with Gasteiger partial charge in [-0.25, -0.2) is 22.9 Å². The highest BCUT2D eigenvalue weighted by Crippen LogP contribution is 2.38. The zero-order chi connectivity index (χ0) is 35.8. The lowest BCUT2D eigenvalue weighted by atomic mass is 10.0. The van der Waals surface area contributed by atoms with Crippen molar-refractivity contribution in [3.05, 3.63) is 95.1 Å². The van der Waals surface area contributed by atoms with Gasteiger partial charge in [-0.05, 0) is 61.4 Å². The molecule has 0 amide bonds. The zero-order valence-corrected chi connectivity index (χ0v) is 31.1. The fourth-order valence-electron chi connectivity index (χ4n) is 5.85. The summed E-state index contributed by atoms with van der Waals surface area (Å²) < 4.78 is 43.8. The summed E-state index contributed by atoms with van der Waals surface area (Å²) in [6.07, 6.45) is 6.29. The van der Waals surface area contributed by atoms with E-state index in [1.165, 1.54) is 13.4 Å². The molecule has 0 aliphatic heterocycles. The van der Waals surface area contributed by atoms with E-state index in [0.717, 1.165) is 23.4 Å². The van der Waals surface area contributed by atoms with Crippen LogP contribution in [0.3, 0.4) is 0 Å². The minimum Gasteiger partial charge on any atom is -0.497 e. The van der Waals surface area contributed by atoms with Crippen LogP contribution in [-0.2, 0) is 21.5 Å². The Morgan fingerprint density at radius 3 is 2.50 bits per heavy atom. The Bertz CT molecular complexity index is 2350. The van der Waals surface area contributed by atoms with E-state index in [4.69, 9.17) is 14.6 Å². The predicted octanol–water partition coefficient (Wildman–Crippen LogP) is 6.07. The third-order valence-electron chi connectivity index (χ3n) is 8.31. The highest BCUT2D eigenvalue weighted by atomic mass is 32.2. The van der Waals surface area contributed by atoms with Gasteiger partial charge in [-0.1, -0.05) is 37.8 Å². The van der Waals surface area contributed by atoms with Crippen LogP contribution in [0.4, 0.5) is 11.5 Å². The predicted molar refractivity (Wildman–Crippen MR) is 200 cm³/mol. The first-order valence-corrected chi connectivity index (χ1v) is 21.8. The number of hydrogen-bond donors (Lipinski definition) is 2. The topological polar surface area (TPSA) is 147 Å². The van der Waals surface area contributed by atoms with E-state index in [0.29, 0.717) is 57.5 Å². The molecule has 4 heterocycles. The molecule has 0 bridgehead atoms. The molecular formula is C35H42N8O5SSi. The number of rotatable bonds is 13. The molecule has 2 aromatic carbocycles. The van der Waals surface area contributed by atoms with Crippen molar-refractivity contribution in [2.45, 2.75) is 52.3 Å². The summed E-state index contributed by atoms with van der Waals surface area (Å²) >= 11 is 0. The summed E-state index contributed by atoms with van der Waals surface area (Å²) in [7, 11) is -3.35. The number of sulfonamides is 1. The highest BCUT2D eigenvalue weighted by Gasteiger charge is 2.24. The second-order valence-electron chi connectivity index (χ2n) is 13.6. The van der Waals surface area contributed by atoms with Gasteiger partial charge in [0, 0.05) is 38.7 Å². The molecule has 0 aliphatic rings. The Kier molecular flexibility index (Phi) is 9.57. The lowest BCUT2D eigenvalue weighted by Gasteiger charge is -2.20. The molecule has 0 spiro atoms. The number of para-hydroxylation sites is 1. The molecule has 50 heavy (non-hydrogen) atoms. The van der Waals surface area contributed by atoms with E-state index in [1.807, 2.05) is 67.1 Å². The van der Waals surface area contributed by atoms with Crippen LogP contribution in [0.25, 0.3) is 33.4 Å². The van der Waals surface area contributed by atoms with Crippen molar-refractivity contribution in [3.63, 3.8) is 0 Å². The Labute approximate surface area is 292 Å². The van der Waals surface area contributed by atoms with Gasteiger partial charge in [0.2, 0.25) is 10.0 Å². The summed E-state index contributed by atoms with van der Waals surface area (Å²) in [5, 5.41) is 9.11. The van der Waals surface area contributed by atoms with Gasteiger partial charge in [0.25, 0.3) is 5.56 Å². The number of aryl methyl sites for hydroxylation is 1. The molecule has 6 aromatic rings. The fourth-order valence-corrected chi connectivity index (χ4v) is 7.15. The SMILES string of the molecule is COc1cc(NS(C)(=O)=O)cc(-c2cn(COCC[Si](C)(C)C)c3ncnc(N[C@@H](C)c4nn5ccc(C)c5c(=O)n4-c4ccccc4)c23)c1. The maximum atomic E-state index is 14.0. The first kappa shape index (κ1) is 34.9. The van der Waals surface area contributed by atoms with Crippen LogP contribution in [0.5, 0.6) is 5.75 Å². The Morgan fingerprint density at radius 1 is 1.04 bits per heavy atom. The van der Waals surface area contributed by atoms with Gasteiger partial charge in [-0.2, -0.15) is 5.10 Å². The minimum absolute atomic E-state index is 0.185. The number of methoxy groups -OCH3 is 1. The molecule has 1 atom stereocenters. The van der Waals surface area contributed by atoms with Crippen LogP contribution in [0, 0.1) is 6.92 Å². The van der Waals surface area contributed by atoms with E-state index in [2.05, 4.69) is 39.6 Å². The van der Waals surface area contributed by atoms with E-state index in [9.17, 15) is 13.2 Å². The van der Waals surface area contributed by atoms with Crippen LogP contribution in [0.2, 0.25) is 25.7 Å². The van der Waals surface area contributed by atoms with Gasteiger partial charge < -0.3 is 19.4 Å². The largest absolute Gasteiger partial charge is 0.497 e. The summed E-state index contributed by atoms with van der Waals surface area (Å²) in [6, 6.07) is 17.0. The smallest absolute Gasteiger partial charge is 0.282 e. The third kappa shape index (κ3) is 7.44. The first-order chi connectivity index (χ1) is 23.7. The van der Waals surface area contributed by atoms with Gasteiger partial charge in [0.05, 0.1) is 36.2 Å². The summed E-state index contributed by atoms with van der Waals surface area (Å²) in [4.78, 5) is 23.3. The number of nitrogens with one attached hydrogen (secondary N) is 2. The van der Waals surface area contributed by atoms with Crippen molar-refractivity contribution in [2.24, 2.45) is 0 Å². The standard InChI is InChI=1S/C35H42N8O5SSi/c1-23-13-14-42-31(23)35(44)43(27-11-9-8-10-12-27)33(39-42)24(2)38-32-30-29(25-17-26(40-49(4,45)46)19-28(18-25)47-3)20-41(34(30)37-21-36-32)22-48-15-16-50(5,6)7/h8-14,17-21,24,40H,15-16,22H2,1-7H3,(H,36,37,38)/t24-/m0/s1. The Morgan fingerprint density at radius 2 is 1.80 bits per heavy atom. The number of anilines is 2. The number of ether oxygens (including phenoxy) is 2.